The number of ketones is 1. The number of ether oxygens (including phenoxy) is 2. The summed E-state index contributed by atoms with van der Waals surface area (Å²) in [6, 6.07) is 7.44. The van der Waals surface area contributed by atoms with Crippen molar-refractivity contribution >= 4 is 17.4 Å². The first-order valence-corrected chi connectivity index (χ1v) is 9.43. The molecule has 1 aliphatic rings. The Morgan fingerprint density at radius 2 is 1.97 bits per heavy atom. The molecule has 1 fully saturated rings. The van der Waals surface area contributed by atoms with Gasteiger partial charge in [0.1, 0.15) is 23.4 Å². The van der Waals surface area contributed by atoms with E-state index in [0.717, 1.165) is 0 Å². The highest BCUT2D eigenvalue weighted by Crippen LogP contribution is 2.48. The van der Waals surface area contributed by atoms with Crippen LogP contribution in [0.5, 0.6) is 5.75 Å². The predicted octanol–water partition coefficient (Wildman–Crippen LogP) is 3.97. The van der Waals surface area contributed by atoms with E-state index in [9.17, 15) is 14.0 Å². The fraction of sp³-hybridized carbons (Fsp3) is 0.409. The highest BCUT2D eigenvalue weighted by Gasteiger charge is 2.51. The third-order valence-corrected chi connectivity index (χ3v) is 5.59. The normalized spacial score (nSPS) is 22.9. The molecule has 0 aliphatic carbocycles. The number of halogens is 1. The summed E-state index contributed by atoms with van der Waals surface area (Å²) in [5.74, 6) is -0.950. The van der Waals surface area contributed by atoms with Gasteiger partial charge in [-0.05, 0) is 38.0 Å². The molecule has 29 heavy (non-hydrogen) atoms. The summed E-state index contributed by atoms with van der Waals surface area (Å²) >= 11 is 0. The molecule has 2 heterocycles. The van der Waals surface area contributed by atoms with E-state index in [2.05, 4.69) is 10.3 Å². The van der Waals surface area contributed by atoms with Gasteiger partial charge in [0.25, 0.3) is 5.91 Å². The maximum absolute atomic E-state index is 13.7. The molecule has 154 valence electrons. The van der Waals surface area contributed by atoms with Crippen LogP contribution in [-0.4, -0.2) is 35.5 Å². The van der Waals surface area contributed by atoms with E-state index >= 15 is 0 Å². The number of aromatic nitrogens is 1. The number of hydrogen-bond acceptors (Lipinski definition) is 5. The summed E-state index contributed by atoms with van der Waals surface area (Å²) in [5.41, 5.74) is 0.863. The van der Waals surface area contributed by atoms with Crippen molar-refractivity contribution in [2.75, 3.05) is 12.4 Å². The van der Waals surface area contributed by atoms with Gasteiger partial charge in [0.05, 0.1) is 12.7 Å². The number of nitrogens with one attached hydrogen (secondary N) is 1. The summed E-state index contributed by atoms with van der Waals surface area (Å²) < 4.78 is 25.2. The van der Waals surface area contributed by atoms with Crippen LogP contribution in [0.3, 0.4) is 0 Å². The number of pyridine rings is 1. The first kappa shape index (κ1) is 20.9. The molecule has 1 saturated heterocycles. The highest BCUT2D eigenvalue weighted by atomic mass is 19.1. The van der Waals surface area contributed by atoms with Crippen LogP contribution in [0.4, 0.5) is 10.1 Å². The fourth-order valence-corrected chi connectivity index (χ4v) is 3.73. The maximum Gasteiger partial charge on any atom is 0.254 e. The highest BCUT2D eigenvalue weighted by molar-refractivity contribution is 5.97. The molecule has 0 radical (unpaired) electrons. The molecule has 3 rings (SSSR count). The molecule has 0 spiro atoms. The second-order valence-corrected chi connectivity index (χ2v) is 7.82. The Balaban J connectivity index is 1.95. The van der Waals surface area contributed by atoms with Gasteiger partial charge in [-0.25, -0.2) is 4.39 Å². The summed E-state index contributed by atoms with van der Waals surface area (Å²) in [6.07, 6.45) is 0.655. The molecule has 3 atom stereocenters. The number of Topliss-reactive ketones (excluding diaryl/α,β-unsaturated/α-hetero) is 1. The average molecular weight is 400 g/mol. The smallest absolute Gasteiger partial charge is 0.254 e. The number of methoxy groups -OCH3 is 1. The number of rotatable bonds is 5. The fourth-order valence-electron chi connectivity index (χ4n) is 3.73. The van der Waals surface area contributed by atoms with Crippen LogP contribution < -0.4 is 10.1 Å². The number of carbonyl (C=O) groups is 2. The quantitative estimate of drug-likeness (QED) is 0.769. The largest absolute Gasteiger partial charge is 0.496 e. The van der Waals surface area contributed by atoms with E-state index in [-0.39, 0.29) is 29.2 Å². The summed E-state index contributed by atoms with van der Waals surface area (Å²) in [4.78, 5) is 28.7. The van der Waals surface area contributed by atoms with Crippen molar-refractivity contribution in [2.24, 2.45) is 5.92 Å². The zero-order valence-electron chi connectivity index (χ0n) is 17.2. The average Bonchev–Trinajstić information content (AvgIpc) is 2.91. The molecule has 1 N–H and O–H groups in total. The van der Waals surface area contributed by atoms with E-state index in [4.69, 9.17) is 9.47 Å². The van der Waals surface area contributed by atoms with Crippen molar-refractivity contribution in [1.29, 1.82) is 0 Å². The molecule has 0 unspecified atom stereocenters. The molecule has 0 bridgehead atoms. The van der Waals surface area contributed by atoms with Gasteiger partial charge in [-0.3, -0.25) is 14.6 Å². The standard InChI is InChI=1S/C22H25FN2O4/c1-12-19(16-7-6-14(23)10-18(16)28-5)20(29-22(12,3)4)21(27)25-15-8-9-24-17(11-15)13(2)26/h6-12,19-20H,1-5H3,(H,24,25,27)/t12-,19+,20+/m1/s1. The first-order chi connectivity index (χ1) is 13.6. The van der Waals surface area contributed by atoms with E-state index < -0.39 is 17.5 Å². The monoisotopic (exact) mass is 400 g/mol. The lowest BCUT2D eigenvalue weighted by Crippen LogP contribution is -2.33. The summed E-state index contributed by atoms with van der Waals surface area (Å²) in [6.45, 7) is 7.26. The molecule has 1 aromatic heterocycles. The van der Waals surface area contributed by atoms with Gasteiger partial charge in [0, 0.05) is 36.4 Å². The van der Waals surface area contributed by atoms with Crippen LogP contribution in [0.25, 0.3) is 0 Å². The molecular formula is C22H25FN2O4. The number of anilines is 1. The molecule has 1 aromatic carbocycles. The Labute approximate surface area is 169 Å². The van der Waals surface area contributed by atoms with Crippen molar-refractivity contribution < 1.29 is 23.5 Å². The van der Waals surface area contributed by atoms with E-state index in [1.165, 1.54) is 38.4 Å². The van der Waals surface area contributed by atoms with Gasteiger partial charge in [-0.15, -0.1) is 0 Å². The minimum absolute atomic E-state index is 0.0390. The summed E-state index contributed by atoms with van der Waals surface area (Å²) in [5, 5.41) is 2.82. The Hall–Kier alpha value is -2.80. The number of carbonyl (C=O) groups excluding carboxylic acids is 2. The summed E-state index contributed by atoms with van der Waals surface area (Å²) in [7, 11) is 1.47. The Morgan fingerprint density at radius 3 is 2.62 bits per heavy atom. The van der Waals surface area contributed by atoms with Crippen molar-refractivity contribution in [1.82, 2.24) is 4.98 Å². The zero-order valence-corrected chi connectivity index (χ0v) is 17.2. The van der Waals surface area contributed by atoms with Crippen LogP contribution in [0.15, 0.2) is 36.5 Å². The van der Waals surface area contributed by atoms with Crippen molar-refractivity contribution in [2.45, 2.75) is 45.3 Å². The van der Waals surface area contributed by atoms with Gasteiger partial charge >= 0.3 is 0 Å². The number of benzene rings is 1. The first-order valence-electron chi connectivity index (χ1n) is 9.43. The van der Waals surface area contributed by atoms with Crippen LogP contribution in [0.2, 0.25) is 0 Å². The molecular weight excluding hydrogens is 375 g/mol. The van der Waals surface area contributed by atoms with E-state index in [1.807, 2.05) is 20.8 Å². The molecule has 0 saturated carbocycles. The van der Waals surface area contributed by atoms with Gasteiger partial charge < -0.3 is 14.8 Å². The third-order valence-electron chi connectivity index (χ3n) is 5.59. The molecule has 2 aromatic rings. The maximum atomic E-state index is 13.7. The topological polar surface area (TPSA) is 77.5 Å². The second kappa shape index (κ2) is 7.91. The molecule has 7 heteroatoms. The number of amides is 1. The zero-order chi connectivity index (χ0) is 21.3. The minimum atomic E-state index is -0.812. The van der Waals surface area contributed by atoms with Crippen LogP contribution in [-0.2, 0) is 9.53 Å². The third kappa shape index (κ3) is 4.15. The lowest BCUT2D eigenvalue weighted by molar-refractivity contribution is -0.131. The van der Waals surface area contributed by atoms with Gasteiger partial charge in [-0.2, -0.15) is 0 Å². The van der Waals surface area contributed by atoms with Gasteiger partial charge in [-0.1, -0.05) is 13.0 Å². The Morgan fingerprint density at radius 1 is 1.24 bits per heavy atom. The molecule has 1 amide bonds. The molecule has 1 aliphatic heterocycles. The lowest BCUT2D eigenvalue weighted by atomic mass is 9.78. The minimum Gasteiger partial charge on any atom is -0.496 e. The second-order valence-electron chi connectivity index (χ2n) is 7.82. The van der Waals surface area contributed by atoms with E-state index in [1.54, 1.807) is 12.1 Å². The van der Waals surface area contributed by atoms with Crippen LogP contribution >= 0.6 is 0 Å². The van der Waals surface area contributed by atoms with Gasteiger partial charge in [0.15, 0.2) is 5.78 Å². The lowest BCUT2D eigenvalue weighted by Gasteiger charge is -2.25. The number of hydrogen-bond donors (Lipinski definition) is 1. The number of nitrogens with zero attached hydrogens (tertiary/aromatic N) is 1. The van der Waals surface area contributed by atoms with Crippen LogP contribution in [0.1, 0.15) is 49.7 Å². The van der Waals surface area contributed by atoms with Crippen molar-refractivity contribution in [3.05, 3.63) is 53.6 Å². The van der Waals surface area contributed by atoms with Crippen molar-refractivity contribution in [3.8, 4) is 5.75 Å². The molecule has 6 nitrogen and oxygen atoms in total. The Kier molecular flexibility index (Phi) is 5.71. The van der Waals surface area contributed by atoms with Gasteiger partial charge in [0.2, 0.25) is 0 Å². The Bertz CT molecular complexity index is 944. The predicted molar refractivity (Wildman–Crippen MR) is 107 cm³/mol. The van der Waals surface area contributed by atoms with Crippen molar-refractivity contribution in [3.63, 3.8) is 0 Å². The SMILES string of the molecule is COc1cc(F)ccc1[C@H]1[C@@H](C(=O)Nc2ccnc(C(C)=O)c2)OC(C)(C)[C@@H]1C. The van der Waals surface area contributed by atoms with E-state index in [0.29, 0.717) is 17.0 Å². The van der Waals surface area contributed by atoms with Crippen LogP contribution in [0, 0.1) is 11.7 Å².